The number of H-pyrrole nitrogens is 1. The lowest BCUT2D eigenvalue weighted by Crippen LogP contribution is -2.29. The first-order chi connectivity index (χ1) is 14.1. The molecule has 29 heavy (non-hydrogen) atoms. The van der Waals surface area contributed by atoms with Gasteiger partial charge in [0, 0.05) is 35.0 Å². The predicted octanol–water partition coefficient (Wildman–Crippen LogP) is 2.95. The number of anilines is 2. The molecule has 0 saturated heterocycles. The average Bonchev–Trinajstić information content (AvgIpc) is 3.25. The van der Waals surface area contributed by atoms with Gasteiger partial charge in [0.05, 0.1) is 12.8 Å². The summed E-state index contributed by atoms with van der Waals surface area (Å²) in [6.07, 6.45) is 5.06. The molecule has 0 aliphatic heterocycles. The Kier molecular flexibility index (Phi) is 9.32. The van der Waals surface area contributed by atoms with Crippen molar-refractivity contribution in [1.29, 1.82) is 5.41 Å². The van der Waals surface area contributed by atoms with E-state index in [9.17, 15) is 0 Å². The molecule has 0 fully saturated rings. The molecule has 0 aliphatic carbocycles. The summed E-state index contributed by atoms with van der Waals surface area (Å²) in [4.78, 5) is 5.74. The number of hydrazine groups is 1. The second-order valence-corrected chi connectivity index (χ2v) is 6.82. The highest BCUT2D eigenvalue weighted by molar-refractivity contribution is 7.98. The first-order valence-electron chi connectivity index (χ1n) is 9.06. The van der Waals surface area contributed by atoms with Crippen molar-refractivity contribution in [3.05, 3.63) is 53.9 Å². The third-order valence-corrected chi connectivity index (χ3v) is 4.64. The van der Waals surface area contributed by atoms with E-state index in [1.165, 1.54) is 11.1 Å². The van der Waals surface area contributed by atoms with Crippen molar-refractivity contribution in [2.45, 2.75) is 11.8 Å². The minimum Gasteiger partial charge on any atom is -0.395 e. The fourth-order valence-electron chi connectivity index (χ4n) is 2.57. The Bertz CT molecular complexity index is 879. The number of aliphatic hydroxyl groups is 1. The zero-order chi connectivity index (χ0) is 21.1. The van der Waals surface area contributed by atoms with Crippen LogP contribution in [0.4, 0.5) is 11.6 Å². The predicted molar refractivity (Wildman–Crippen MR) is 120 cm³/mol. The average molecular weight is 414 g/mol. The van der Waals surface area contributed by atoms with Gasteiger partial charge in [-0.25, -0.2) is 4.98 Å². The van der Waals surface area contributed by atoms with Crippen LogP contribution in [0.1, 0.15) is 11.3 Å². The second kappa shape index (κ2) is 12.0. The third kappa shape index (κ3) is 6.68. The van der Waals surface area contributed by atoms with Gasteiger partial charge >= 0.3 is 0 Å². The van der Waals surface area contributed by atoms with Crippen LogP contribution in [0, 0.1) is 12.3 Å². The van der Waals surface area contributed by atoms with Crippen LogP contribution in [0.15, 0.2) is 47.5 Å². The van der Waals surface area contributed by atoms with E-state index in [0.29, 0.717) is 12.4 Å². The number of benzene rings is 1. The Morgan fingerprint density at radius 1 is 1.24 bits per heavy atom. The van der Waals surface area contributed by atoms with E-state index in [1.54, 1.807) is 25.0 Å². The van der Waals surface area contributed by atoms with Crippen LogP contribution in [-0.4, -0.2) is 53.0 Å². The molecule has 2 aromatic heterocycles. The Hall–Kier alpha value is -2.72. The number of aromatic amines is 1. The molecule has 0 radical (unpaired) electrons. The fraction of sp³-hybridized carbons (Fsp3) is 0.250. The summed E-state index contributed by atoms with van der Waals surface area (Å²) in [6, 6.07) is 12.2. The Morgan fingerprint density at radius 3 is 2.52 bits per heavy atom. The molecule has 0 spiro atoms. The number of thioether (sulfide) groups is 1. The van der Waals surface area contributed by atoms with Gasteiger partial charge in [-0.05, 0) is 49.6 Å². The van der Waals surface area contributed by atoms with Crippen LogP contribution in [0.3, 0.4) is 0 Å². The van der Waals surface area contributed by atoms with E-state index >= 15 is 0 Å². The molecule has 8 nitrogen and oxygen atoms in total. The lowest BCUT2D eigenvalue weighted by molar-refractivity contribution is 0.286. The molecular formula is C20H27N7OS. The largest absolute Gasteiger partial charge is 0.395 e. The molecule has 6 N–H and O–H groups in total. The minimum absolute atomic E-state index is 0.181. The van der Waals surface area contributed by atoms with Gasteiger partial charge in [0.15, 0.2) is 0 Å². The second-order valence-electron chi connectivity index (χ2n) is 5.94. The monoisotopic (exact) mass is 413 g/mol. The van der Waals surface area contributed by atoms with Crippen molar-refractivity contribution in [2.24, 2.45) is 0 Å². The standard InChI is InChI=1S/C17H17N5S.C3H10N2O/c1-11-9-14(12-3-5-13(23-2)6-4-12)15(10-18)17(20-11)21-16-7-8-19-22-16;1-4-5-2-3-6/h3-10,18H,1-2H3,(H2,19,20,21,22);4-6H,2-3H2,1H3. The summed E-state index contributed by atoms with van der Waals surface area (Å²) in [5.41, 5.74) is 9.06. The van der Waals surface area contributed by atoms with E-state index in [4.69, 9.17) is 10.5 Å². The maximum atomic E-state index is 8.09. The lowest BCUT2D eigenvalue weighted by Gasteiger charge is -2.13. The van der Waals surface area contributed by atoms with Gasteiger partial charge in [0.2, 0.25) is 0 Å². The van der Waals surface area contributed by atoms with E-state index < -0.39 is 0 Å². The van der Waals surface area contributed by atoms with Crippen molar-refractivity contribution < 1.29 is 5.11 Å². The van der Waals surface area contributed by atoms with Crippen molar-refractivity contribution >= 4 is 29.6 Å². The summed E-state index contributed by atoms with van der Waals surface area (Å²) in [6.45, 7) is 2.74. The summed E-state index contributed by atoms with van der Waals surface area (Å²) in [5.74, 6) is 1.39. The summed E-state index contributed by atoms with van der Waals surface area (Å²) >= 11 is 1.71. The van der Waals surface area contributed by atoms with Gasteiger partial charge in [-0.2, -0.15) is 5.10 Å². The highest BCUT2D eigenvalue weighted by atomic mass is 32.2. The number of rotatable bonds is 8. The zero-order valence-electron chi connectivity index (χ0n) is 16.8. The van der Waals surface area contributed by atoms with Crippen LogP contribution in [-0.2, 0) is 0 Å². The maximum absolute atomic E-state index is 8.09. The molecule has 0 aliphatic rings. The van der Waals surface area contributed by atoms with Gasteiger partial charge in [0.25, 0.3) is 0 Å². The number of aliphatic hydroxyl groups excluding tert-OH is 1. The molecule has 2 heterocycles. The molecule has 154 valence electrons. The normalized spacial score (nSPS) is 10.2. The van der Waals surface area contributed by atoms with Crippen molar-refractivity contribution in [3.8, 4) is 11.1 Å². The first-order valence-corrected chi connectivity index (χ1v) is 10.3. The number of hydrogen-bond donors (Lipinski definition) is 6. The van der Waals surface area contributed by atoms with Gasteiger partial charge < -0.3 is 15.8 Å². The number of nitrogens with one attached hydrogen (secondary N) is 5. The number of aromatic nitrogens is 3. The number of nitrogens with zero attached hydrogens (tertiary/aromatic N) is 2. The van der Waals surface area contributed by atoms with Gasteiger partial charge in [-0.3, -0.25) is 16.0 Å². The number of pyridine rings is 1. The molecule has 3 aromatic rings. The van der Waals surface area contributed by atoms with Crippen LogP contribution in [0.5, 0.6) is 0 Å². The molecule has 9 heteroatoms. The third-order valence-electron chi connectivity index (χ3n) is 3.90. The van der Waals surface area contributed by atoms with E-state index in [1.807, 2.05) is 19.1 Å². The molecule has 1 aromatic carbocycles. The number of hydrogen-bond acceptors (Lipinski definition) is 8. The van der Waals surface area contributed by atoms with Crippen molar-refractivity contribution in [1.82, 2.24) is 26.0 Å². The quantitative estimate of drug-likeness (QED) is 0.145. The van der Waals surface area contributed by atoms with Gasteiger partial charge in [-0.1, -0.05) is 12.1 Å². The molecule has 0 saturated carbocycles. The van der Waals surface area contributed by atoms with Crippen molar-refractivity contribution in [3.63, 3.8) is 0 Å². The first kappa shape index (κ1) is 22.6. The van der Waals surface area contributed by atoms with Crippen LogP contribution >= 0.6 is 11.8 Å². The lowest BCUT2D eigenvalue weighted by atomic mass is 10.0. The molecule has 3 rings (SSSR count). The van der Waals surface area contributed by atoms with E-state index in [2.05, 4.69) is 61.9 Å². The highest BCUT2D eigenvalue weighted by Gasteiger charge is 2.12. The highest BCUT2D eigenvalue weighted by Crippen LogP contribution is 2.30. The number of aryl methyl sites for hydroxylation is 1. The summed E-state index contributed by atoms with van der Waals surface area (Å²) in [5, 5.41) is 25.9. The minimum atomic E-state index is 0.181. The van der Waals surface area contributed by atoms with Crippen LogP contribution < -0.4 is 16.2 Å². The molecular weight excluding hydrogens is 386 g/mol. The Labute approximate surface area is 175 Å². The zero-order valence-corrected chi connectivity index (χ0v) is 17.6. The van der Waals surface area contributed by atoms with E-state index in [-0.39, 0.29) is 6.61 Å². The van der Waals surface area contributed by atoms with E-state index in [0.717, 1.165) is 28.2 Å². The SMILES string of the molecule is CNNCCO.CSc1ccc(-c2cc(C)nc(Nc3ccn[nH]3)c2C=N)cc1. The summed E-state index contributed by atoms with van der Waals surface area (Å²) in [7, 11) is 1.76. The smallest absolute Gasteiger partial charge is 0.141 e. The Morgan fingerprint density at radius 2 is 2.00 bits per heavy atom. The topological polar surface area (TPSA) is 122 Å². The van der Waals surface area contributed by atoms with Crippen molar-refractivity contribution in [2.75, 3.05) is 31.8 Å². The van der Waals surface area contributed by atoms with Gasteiger partial charge in [0.1, 0.15) is 11.6 Å². The van der Waals surface area contributed by atoms with Crippen LogP contribution in [0.2, 0.25) is 0 Å². The molecule has 0 atom stereocenters. The maximum Gasteiger partial charge on any atom is 0.141 e. The summed E-state index contributed by atoms with van der Waals surface area (Å²) < 4.78 is 0. The Balaban J connectivity index is 0.000000438. The molecule has 0 unspecified atom stereocenters. The molecule has 0 amide bonds. The molecule has 0 bridgehead atoms. The fourth-order valence-corrected chi connectivity index (χ4v) is 2.98. The van der Waals surface area contributed by atoms with Crippen LogP contribution in [0.25, 0.3) is 11.1 Å². The van der Waals surface area contributed by atoms with Gasteiger partial charge in [-0.15, -0.1) is 11.8 Å².